The van der Waals surface area contributed by atoms with Gasteiger partial charge in [-0.1, -0.05) is 6.42 Å². The summed E-state index contributed by atoms with van der Waals surface area (Å²) in [6.45, 7) is 0.259. The van der Waals surface area contributed by atoms with Crippen LogP contribution in [0.4, 0.5) is 4.39 Å². The molecule has 4 rings (SSSR count). The van der Waals surface area contributed by atoms with Gasteiger partial charge in [-0.2, -0.15) is 0 Å². The van der Waals surface area contributed by atoms with Crippen LogP contribution >= 0.6 is 0 Å². The van der Waals surface area contributed by atoms with Gasteiger partial charge < -0.3 is 20.6 Å². The maximum absolute atomic E-state index is 13.1. The van der Waals surface area contributed by atoms with E-state index in [1.54, 1.807) is 0 Å². The van der Waals surface area contributed by atoms with Gasteiger partial charge in [-0.25, -0.2) is 4.39 Å². The van der Waals surface area contributed by atoms with E-state index in [1.807, 2.05) is 4.90 Å². The molecule has 1 aromatic carbocycles. The lowest BCUT2D eigenvalue weighted by Gasteiger charge is -2.32. The molecule has 0 aromatic heterocycles. The van der Waals surface area contributed by atoms with Crippen molar-refractivity contribution in [3.05, 3.63) is 29.6 Å². The minimum atomic E-state index is -0.618. The third-order valence-electron chi connectivity index (χ3n) is 6.19. The number of carbonyl (C=O) groups is 3. The number of phenolic OH excluding ortho intramolecular Hbond substituents is 1. The molecule has 0 unspecified atom stereocenters. The minimum Gasteiger partial charge on any atom is -0.507 e. The lowest BCUT2D eigenvalue weighted by Crippen LogP contribution is -2.52. The van der Waals surface area contributed by atoms with Gasteiger partial charge in [-0.05, 0) is 43.7 Å². The van der Waals surface area contributed by atoms with Crippen molar-refractivity contribution in [1.29, 1.82) is 0 Å². The molecular formula is C20H24FN3O4. The third kappa shape index (κ3) is 3.43. The number of halogens is 1. The molecule has 7 nitrogen and oxygen atoms in total. The fraction of sp³-hybridized carbons (Fsp3) is 0.550. The average molecular weight is 389 g/mol. The van der Waals surface area contributed by atoms with E-state index in [9.17, 15) is 23.9 Å². The molecule has 3 amide bonds. The molecule has 3 N–H and O–H groups in total. The Labute approximate surface area is 162 Å². The Hall–Kier alpha value is -2.64. The molecule has 3 aliphatic rings. The number of carbonyl (C=O) groups excluding carboxylic acids is 3. The molecule has 2 aliphatic heterocycles. The summed E-state index contributed by atoms with van der Waals surface area (Å²) in [7, 11) is 0. The average Bonchev–Trinajstić information content (AvgIpc) is 3.34. The first-order valence-corrected chi connectivity index (χ1v) is 9.82. The number of phenols is 1. The second-order valence-corrected chi connectivity index (χ2v) is 7.92. The van der Waals surface area contributed by atoms with Crippen molar-refractivity contribution in [2.75, 3.05) is 6.54 Å². The Morgan fingerprint density at radius 3 is 2.82 bits per heavy atom. The highest BCUT2D eigenvalue weighted by Gasteiger charge is 2.47. The van der Waals surface area contributed by atoms with Crippen LogP contribution in [0.15, 0.2) is 18.2 Å². The zero-order valence-corrected chi connectivity index (χ0v) is 15.5. The van der Waals surface area contributed by atoms with Gasteiger partial charge in [-0.15, -0.1) is 0 Å². The smallest absolute Gasteiger partial charge is 0.255 e. The third-order valence-corrected chi connectivity index (χ3v) is 6.19. The molecule has 2 heterocycles. The van der Waals surface area contributed by atoms with E-state index in [0.29, 0.717) is 18.8 Å². The number of nitrogens with zero attached hydrogens (tertiary/aromatic N) is 1. The molecule has 4 atom stereocenters. The largest absolute Gasteiger partial charge is 0.507 e. The van der Waals surface area contributed by atoms with Crippen molar-refractivity contribution in [3.63, 3.8) is 0 Å². The van der Waals surface area contributed by atoms with Crippen LogP contribution in [-0.2, 0) is 9.59 Å². The molecular weight excluding hydrogens is 365 g/mol. The van der Waals surface area contributed by atoms with Gasteiger partial charge >= 0.3 is 0 Å². The second-order valence-electron chi connectivity index (χ2n) is 7.92. The standard InChI is InChI=1S/C20H24FN3O4/c21-12-4-5-14(17(25)9-12)19(27)22-10-13-8-11-2-1-3-16(11)24(13)20(28)15-6-7-18(26)23-15/h4-5,9,11,13,15-16,25H,1-3,6-8,10H2,(H,22,27)(H,23,26)/t11-,13-,15-,16-/m0/s1. The quantitative estimate of drug-likeness (QED) is 0.723. The predicted molar refractivity (Wildman–Crippen MR) is 97.9 cm³/mol. The van der Waals surface area contributed by atoms with Crippen molar-refractivity contribution in [2.45, 2.75) is 56.7 Å². The Balaban J connectivity index is 1.45. The monoisotopic (exact) mass is 389 g/mol. The topological polar surface area (TPSA) is 98.7 Å². The zero-order valence-electron chi connectivity index (χ0n) is 15.5. The summed E-state index contributed by atoms with van der Waals surface area (Å²) in [4.78, 5) is 38.9. The van der Waals surface area contributed by atoms with Gasteiger partial charge in [0.15, 0.2) is 0 Å². The molecule has 1 aromatic rings. The first-order chi connectivity index (χ1) is 13.4. The summed E-state index contributed by atoms with van der Waals surface area (Å²) in [6.07, 6.45) is 4.78. The van der Waals surface area contributed by atoms with Crippen LogP contribution in [0.1, 0.15) is 48.9 Å². The summed E-state index contributed by atoms with van der Waals surface area (Å²) in [5.41, 5.74) is 0.000485. The predicted octanol–water partition coefficient (Wildman–Crippen LogP) is 1.31. The normalized spacial score (nSPS) is 28.9. The number of rotatable bonds is 4. The molecule has 28 heavy (non-hydrogen) atoms. The van der Waals surface area contributed by atoms with E-state index >= 15 is 0 Å². The number of fused-ring (bicyclic) bond motifs is 1. The fourth-order valence-corrected chi connectivity index (χ4v) is 4.90. The van der Waals surface area contributed by atoms with Crippen molar-refractivity contribution in [1.82, 2.24) is 15.5 Å². The maximum atomic E-state index is 13.1. The van der Waals surface area contributed by atoms with Crippen molar-refractivity contribution >= 4 is 17.7 Å². The van der Waals surface area contributed by atoms with Crippen molar-refractivity contribution in [2.24, 2.45) is 5.92 Å². The molecule has 3 fully saturated rings. The van der Waals surface area contributed by atoms with E-state index in [0.717, 1.165) is 37.8 Å². The first kappa shape index (κ1) is 18.7. The van der Waals surface area contributed by atoms with Crippen LogP contribution in [-0.4, -0.2) is 52.4 Å². The highest BCUT2D eigenvalue weighted by atomic mass is 19.1. The fourth-order valence-electron chi connectivity index (χ4n) is 4.90. The van der Waals surface area contributed by atoms with Crippen LogP contribution in [0.25, 0.3) is 0 Å². The molecule has 2 saturated heterocycles. The van der Waals surface area contributed by atoms with Crippen LogP contribution in [0, 0.1) is 11.7 Å². The zero-order chi connectivity index (χ0) is 19.8. The van der Waals surface area contributed by atoms with Gasteiger partial charge in [0.1, 0.15) is 17.6 Å². The number of hydrogen-bond acceptors (Lipinski definition) is 4. The Kier molecular flexibility index (Phi) is 4.95. The van der Waals surface area contributed by atoms with Crippen LogP contribution < -0.4 is 10.6 Å². The van der Waals surface area contributed by atoms with Gasteiger partial charge in [0, 0.05) is 31.1 Å². The van der Waals surface area contributed by atoms with E-state index in [1.165, 1.54) is 6.07 Å². The SMILES string of the molecule is O=C1CC[C@@H](C(=O)N2[C@H](CNC(=O)c3ccc(F)cc3O)C[C@@H]3CCC[C@@H]32)N1. The second kappa shape index (κ2) is 7.41. The van der Waals surface area contributed by atoms with Crippen LogP contribution in [0.5, 0.6) is 5.75 Å². The van der Waals surface area contributed by atoms with E-state index in [4.69, 9.17) is 0 Å². The first-order valence-electron chi connectivity index (χ1n) is 9.82. The number of likely N-dealkylation sites (tertiary alicyclic amines) is 1. The molecule has 0 spiro atoms. The highest BCUT2D eigenvalue weighted by molar-refractivity contribution is 5.97. The van der Waals surface area contributed by atoms with Crippen molar-refractivity contribution < 1.29 is 23.9 Å². The Morgan fingerprint density at radius 1 is 1.29 bits per heavy atom. The lowest BCUT2D eigenvalue weighted by atomic mass is 10.0. The summed E-state index contributed by atoms with van der Waals surface area (Å²) < 4.78 is 13.1. The molecule has 0 bridgehead atoms. The van der Waals surface area contributed by atoms with Gasteiger partial charge in [0.25, 0.3) is 5.91 Å². The Morgan fingerprint density at radius 2 is 2.11 bits per heavy atom. The number of aromatic hydroxyl groups is 1. The van der Waals surface area contributed by atoms with E-state index in [2.05, 4.69) is 10.6 Å². The molecule has 150 valence electrons. The molecule has 1 aliphatic carbocycles. The number of amides is 3. The Bertz CT molecular complexity index is 815. The summed E-state index contributed by atoms with van der Waals surface area (Å²) in [5.74, 6) is -1.28. The molecule has 0 radical (unpaired) electrons. The van der Waals surface area contributed by atoms with E-state index < -0.39 is 23.5 Å². The molecule has 1 saturated carbocycles. The summed E-state index contributed by atoms with van der Waals surface area (Å²) >= 11 is 0. The maximum Gasteiger partial charge on any atom is 0.255 e. The van der Waals surface area contributed by atoms with Crippen molar-refractivity contribution in [3.8, 4) is 5.75 Å². The van der Waals surface area contributed by atoms with Crippen LogP contribution in [0.3, 0.4) is 0 Å². The van der Waals surface area contributed by atoms with Crippen LogP contribution in [0.2, 0.25) is 0 Å². The van der Waals surface area contributed by atoms with Gasteiger partial charge in [0.2, 0.25) is 11.8 Å². The van der Waals surface area contributed by atoms with Gasteiger partial charge in [0.05, 0.1) is 5.56 Å². The van der Waals surface area contributed by atoms with Gasteiger partial charge in [-0.3, -0.25) is 14.4 Å². The number of nitrogens with one attached hydrogen (secondary N) is 2. The highest BCUT2D eigenvalue weighted by Crippen LogP contribution is 2.41. The number of hydrogen-bond donors (Lipinski definition) is 3. The van der Waals surface area contributed by atoms with E-state index in [-0.39, 0.29) is 36.0 Å². The lowest BCUT2D eigenvalue weighted by molar-refractivity contribution is -0.137. The number of benzene rings is 1. The molecule has 8 heteroatoms. The minimum absolute atomic E-state index is 0.000485. The summed E-state index contributed by atoms with van der Waals surface area (Å²) in [5, 5.41) is 15.3. The summed E-state index contributed by atoms with van der Waals surface area (Å²) in [6, 6.07) is 2.78.